The largest absolute Gasteiger partial charge is 0.480 e. The van der Waals surface area contributed by atoms with E-state index in [9.17, 15) is 14.4 Å². The predicted octanol–water partition coefficient (Wildman–Crippen LogP) is -0.667. The Hall–Kier alpha value is -1.79. The quantitative estimate of drug-likeness (QED) is 0.688. The van der Waals surface area contributed by atoms with Crippen LogP contribution < -0.4 is 5.32 Å². The fourth-order valence-corrected chi connectivity index (χ4v) is 1.51. The highest BCUT2D eigenvalue weighted by atomic mass is 16.4. The molecule has 0 saturated carbocycles. The highest BCUT2D eigenvalue weighted by Crippen LogP contribution is 2.02. The molecule has 96 valence electrons. The fourth-order valence-electron chi connectivity index (χ4n) is 1.51. The molecule has 1 atom stereocenters. The van der Waals surface area contributed by atoms with Gasteiger partial charge in [0.1, 0.15) is 12.6 Å². The Bertz CT molecular complexity index is 332. The maximum Gasteiger partial charge on any atom is 0.326 e. The molecule has 0 aromatic carbocycles. The molecule has 1 aliphatic heterocycles. The SMILES string of the molecule is CCC(NC(=O)N1CCN(C)C(=O)C1)C(=O)O. The molecule has 17 heavy (non-hydrogen) atoms. The summed E-state index contributed by atoms with van der Waals surface area (Å²) in [7, 11) is 1.67. The van der Waals surface area contributed by atoms with Crippen LogP contribution in [0.3, 0.4) is 0 Å². The lowest BCUT2D eigenvalue weighted by Crippen LogP contribution is -2.55. The van der Waals surface area contributed by atoms with Crippen LogP contribution >= 0.6 is 0 Å². The Morgan fingerprint density at radius 2 is 2.12 bits per heavy atom. The summed E-state index contributed by atoms with van der Waals surface area (Å²) in [4.78, 5) is 36.7. The Morgan fingerprint density at radius 3 is 2.59 bits per heavy atom. The molecule has 2 N–H and O–H groups in total. The van der Waals surface area contributed by atoms with Crippen LogP contribution in [0.1, 0.15) is 13.3 Å². The number of carboxylic acids is 1. The molecule has 1 rings (SSSR count). The van der Waals surface area contributed by atoms with Crippen LogP contribution in [-0.4, -0.2) is 65.5 Å². The van der Waals surface area contributed by atoms with Crippen molar-refractivity contribution in [3.63, 3.8) is 0 Å². The van der Waals surface area contributed by atoms with Crippen LogP contribution in [-0.2, 0) is 9.59 Å². The zero-order valence-electron chi connectivity index (χ0n) is 9.97. The molecule has 1 heterocycles. The molecule has 1 unspecified atom stereocenters. The van der Waals surface area contributed by atoms with E-state index in [2.05, 4.69) is 5.32 Å². The first-order valence-corrected chi connectivity index (χ1v) is 5.48. The molecule has 1 fully saturated rings. The van der Waals surface area contributed by atoms with E-state index in [0.717, 1.165) is 0 Å². The molecular weight excluding hydrogens is 226 g/mol. The highest BCUT2D eigenvalue weighted by molar-refractivity contribution is 5.87. The van der Waals surface area contributed by atoms with Crippen LogP contribution in [0.4, 0.5) is 4.79 Å². The second kappa shape index (κ2) is 5.51. The minimum Gasteiger partial charge on any atom is -0.480 e. The van der Waals surface area contributed by atoms with E-state index in [4.69, 9.17) is 5.11 Å². The van der Waals surface area contributed by atoms with E-state index >= 15 is 0 Å². The number of hydrogen-bond acceptors (Lipinski definition) is 3. The average Bonchev–Trinajstić information content (AvgIpc) is 2.28. The van der Waals surface area contributed by atoms with Gasteiger partial charge in [0, 0.05) is 20.1 Å². The van der Waals surface area contributed by atoms with E-state index in [0.29, 0.717) is 19.5 Å². The number of carbonyl (C=O) groups excluding carboxylic acids is 2. The van der Waals surface area contributed by atoms with Gasteiger partial charge in [-0.15, -0.1) is 0 Å². The summed E-state index contributed by atoms with van der Waals surface area (Å²) in [5.41, 5.74) is 0. The summed E-state index contributed by atoms with van der Waals surface area (Å²) in [6.07, 6.45) is 0.308. The van der Waals surface area contributed by atoms with E-state index < -0.39 is 18.0 Å². The summed E-state index contributed by atoms with van der Waals surface area (Å²) in [6.45, 7) is 2.56. The van der Waals surface area contributed by atoms with Gasteiger partial charge in [-0.05, 0) is 6.42 Å². The molecule has 0 spiro atoms. The topological polar surface area (TPSA) is 90.0 Å². The number of urea groups is 1. The van der Waals surface area contributed by atoms with Crippen molar-refractivity contribution in [2.24, 2.45) is 0 Å². The number of carboxylic acid groups (broad SMARTS) is 1. The predicted molar refractivity (Wildman–Crippen MR) is 59.5 cm³/mol. The van der Waals surface area contributed by atoms with Crippen LogP contribution in [0, 0.1) is 0 Å². The molecule has 0 bridgehead atoms. The average molecular weight is 243 g/mol. The van der Waals surface area contributed by atoms with Gasteiger partial charge in [-0.1, -0.05) is 6.92 Å². The molecule has 0 aliphatic carbocycles. The molecule has 3 amide bonds. The normalized spacial score (nSPS) is 17.9. The number of rotatable bonds is 3. The Morgan fingerprint density at radius 1 is 1.47 bits per heavy atom. The summed E-state index contributed by atoms with van der Waals surface area (Å²) in [6, 6.07) is -1.40. The third-order valence-corrected chi connectivity index (χ3v) is 2.75. The molecule has 7 nitrogen and oxygen atoms in total. The van der Waals surface area contributed by atoms with Crippen molar-refractivity contribution in [2.75, 3.05) is 26.7 Å². The lowest BCUT2D eigenvalue weighted by atomic mass is 10.2. The van der Waals surface area contributed by atoms with Crippen molar-refractivity contribution in [3.8, 4) is 0 Å². The second-order valence-electron chi connectivity index (χ2n) is 3.99. The van der Waals surface area contributed by atoms with Crippen molar-refractivity contribution >= 4 is 17.9 Å². The van der Waals surface area contributed by atoms with Gasteiger partial charge in [-0.25, -0.2) is 9.59 Å². The number of aliphatic carboxylic acids is 1. The molecule has 7 heteroatoms. The summed E-state index contributed by atoms with van der Waals surface area (Å²) in [5.74, 6) is -1.21. The number of amides is 3. The first-order chi connectivity index (χ1) is 7.95. The highest BCUT2D eigenvalue weighted by Gasteiger charge is 2.27. The van der Waals surface area contributed by atoms with Crippen LogP contribution in [0.25, 0.3) is 0 Å². The number of nitrogens with zero attached hydrogens (tertiary/aromatic N) is 2. The third-order valence-electron chi connectivity index (χ3n) is 2.75. The van der Waals surface area contributed by atoms with E-state index in [-0.39, 0.29) is 12.5 Å². The first kappa shape index (κ1) is 13.3. The molecule has 0 aromatic rings. The standard InChI is InChI=1S/C10H17N3O4/c1-3-7(9(15)16)11-10(17)13-5-4-12(2)8(14)6-13/h7H,3-6H2,1-2H3,(H,11,17)(H,15,16). The van der Waals surface area contributed by atoms with Crippen molar-refractivity contribution in [2.45, 2.75) is 19.4 Å². The molecular formula is C10H17N3O4. The zero-order chi connectivity index (χ0) is 13.0. The fraction of sp³-hybridized carbons (Fsp3) is 0.700. The van der Waals surface area contributed by atoms with Gasteiger partial charge in [0.15, 0.2) is 0 Å². The Labute approximate surface area is 99.4 Å². The summed E-state index contributed by atoms with van der Waals surface area (Å²) >= 11 is 0. The Kier molecular flexibility index (Phi) is 4.30. The number of nitrogens with one attached hydrogen (secondary N) is 1. The second-order valence-corrected chi connectivity index (χ2v) is 3.99. The van der Waals surface area contributed by atoms with E-state index in [1.54, 1.807) is 14.0 Å². The van der Waals surface area contributed by atoms with Crippen molar-refractivity contribution < 1.29 is 19.5 Å². The van der Waals surface area contributed by atoms with Gasteiger partial charge < -0.3 is 20.2 Å². The van der Waals surface area contributed by atoms with Gasteiger partial charge in [0.25, 0.3) is 0 Å². The maximum absolute atomic E-state index is 11.7. The van der Waals surface area contributed by atoms with Crippen LogP contribution in [0.2, 0.25) is 0 Å². The Balaban J connectivity index is 2.53. The molecule has 0 aromatic heterocycles. The molecule has 0 radical (unpaired) electrons. The minimum absolute atomic E-state index is 0.00160. The smallest absolute Gasteiger partial charge is 0.326 e. The third kappa shape index (κ3) is 3.33. The zero-order valence-corrected chi connectivity index (χ0v) is 9.97. The van der Waals surface area contributed by atoms with Gasteiger partial charge in [0.05, 0.1) is 0 Å². The number of piperazine rings is 1. The van der Waals surface area contributed by atoms with Gasteiger partial charge in [-0.3, -0.25) is 4.79 Å². The maximum atomic E-state index is 11.7. The number of carbonyl (C=O) groups is 3. The van der Waals surface area contributed by atoms with E-state index in [1.807, 2.05) is 0 Å². The molecule has 1 aliphatic rings. The van der Waals surface area contributed by atoms with Crippen molar-refractivity contribution in [1.82, 2.24) is 15.1 Å². The van der Waals surface area contributed by atoms with Gasteiger partial charge in [-0.2, -0.15) is 0 Å². The van der Waals surface area contributed by atoms with Gasteiger partial charge in [0.2, 0.25) is 5.91 Å². The van der Waals surface area contributed by atoms with E-state index in [1.165, 1.54) is 9.80 Å². The summed E-state index contributed by atoms with van der Waals surface area (Å²) in [5, 5.41) is 11.2. The van der Waals surface area contributed by atoms with Crippen LogP contribution in [0.15, 0.2) is 0 Å². The summed E-state index contributed by atoms with van der Waals surface area (Å²) < 4.78 is 0. The van der Waals surface area contributed by atoms with Crippen LogP contribution in [0.5, 0.6) is 0 Å². The molecule has 1 saturated heterocycles. The lowest BCUT2D eigenvalue weighted by molar-refractivity contribution is -0.139. The van der Waals surface area contributed by atoms with Crippen molar-refractivity contribution in [3.05, 3.63) is 0 Å². The van der Waals surface area contributed by atoms with Gasteiger partial charge >= 0.3 is 12.0 Å². The minimum atomic E-state index is -1.07. The lowest BCUT2D eigenvalue weighted by Gasteiger charge is -2.32. The number of likely N-dealkylation sites (N-methyl/N-ethyl adjacent to an activating group) is 1. The monoisotopic (exact) mass is 243 g/mol. The first-order valence-electron chi connectivity index (χ1n) is 5.48. The number of hydrogen-bond donors (Lipinski definition) is 2. The van der Waals surface area contributed by atoms with Crippen molar-refractivity contribution in [1.29, 1.82) is 0 Å².